The van der Waals surface area contributed by atoms with Crippen LogP contribution in [-0.4, -0.2) is 15.9 Å². The molecule has 0 spiro atoms. The van der Waals surface area contributed by atoms with Crippen molar-refractivity contribution in [2.45, 2.75) is 12.8 Å². The second kappa shape index (κ2) is 6.84. The Labute approximate surface area is 159 Å². The maximum atomic E-state index is 14.5. The molecule has 1 amide bonds. The lowest BCUT2D eigenvalue weighted by Gasteiger charge is -2.16. The third-order valence-electron chi connectivity index (χ3n) is 4.20. The summed E-state index contributed by atoms with van der Waals surface area (Å²) in [6.45, 7) is 1.69. The summed E-state index contributed by atoms with van der Waals surface area (Å²) in [5.74, 6) is -4.77. The van der Waals surface area contributed by atoms with Crippen molar-refractivity contribution in [1.82, 2.24) is 9.97 Å². The van der Waals surface area contributed by atoms with Crippen LogP contribution < -0.4 is 5.32 Å². The second-order valence-corrected chi connectivity index (χ2v) is 6.31. The summed E-state index contributed by atoms with van der Waals surface area (Å²) in [5.41, 5.74) is 1.92. The van der Waals surface area contributed by atoms with Gasteiger partial charge in [-0.2, -0.15) is 8.78 Å². The molecule has 0 aliphatic carbocycles. The van der Waals surface area contributed by atoms with Crippen LogP contribution in [0, 0.1) is 6.92 Å². The first-order valence-corrected chi connectivity index (χ1v) is 8.52. The van der Waals surface area contributed by atoms with Crippen molar-refractivity contribution in [1.29, 1.82) is 0 Å². The number of aromatic nitrogens is 2. The lowest BCUT2D eigenvalue weighted by molar-refractivity contribution is -0.140. The maximum Gasteiger partial charge on any atom is 0.350 e. The van der Waals surface area contributed by atoms with Gasteiger partial charge in [0, 0.05) is 23.5 Å². The Bertz CT molecular complexity index is 1160. The quantitative estimate of drug-likeness (QED) is 0.546. The molecule has 2 aromatic heterocycles. The fourth-order valence-electron chi connectivity index (χ4n) is 2.78. The Morgan fingerprint density at radius 1 is 1.07 bits per heavy atom. The number of halogens is 2. The van der Waals surface area contributed by atoms with Crippen LogP contribution in [0.5, 0.6) is 0 Å². The fourth-order valence-corrected chi connectivity index (χ4v) is 2.78. The number of pyridine rings is 1. The molecule has 7 heteroatoms. The minimum atomic E-state index is -3.67. The standard InChI is InChI=1S/C21H15F2N3O2/c1-13-5-4-6-14(11-13)21(22,23)20(27)25-15-8-9-16-18(12-15)28-19(26-16)17-7-2-3-10-24-17/h2-12H,1H3,(H,25,27). The summed E-state index contributed by atoms with van der Waals surface area (Å²) in [7, 11) is 0. The molecule has 0 unspecified atom stereocenters. The maximum absolute atomic E-state index is 14.5. The monoisotopic (exact) mass is 379 g/mol. The van der Waals surface area contributed by atoms with Crippen LogP contribution in [-0.2, 0) is 10.7 Å². The molecule has 0 saturated heterocycles. The molecule has 28 heavy (non-hydrogen) atoms. The van der Waals surface area contributed by atoms with Crippen molar-refractivity contribution in [3.8, 4) is 11.6 Å². The van der Waals surface area contributed by atoms with E-state index in [2.05, 4.69) is 15.3 Å². The van der Waals surface area contributed by atoms with Gasteiger partial charge in [0.15, 0.2) is 5.58 Å². The van der Waals surface area contributed by atoms with Crippen LogP contribution in [0.2, 0.25) is 0 Å². The molecular formula is C21H15F2N3O2. The summed E-state index contributed by atoms with van der Waals surface area (Å²) in [4.78, 5) is 20.7. The SMILES string of the molecule is Cc1cccc(C(F)(F)C(=O)Nc2ccc3nc(-c4ccccn4)oc3c2)c1. The van der Waals surface area contributed by atoms with Gasteiger partial charge in [-0.15, -0.1) is 0 Å². The molecule has 1 N–H and O–H groups in total. The van der Waals surface area contributed by atoms with E-state index in [4.69, 9.17) is 4.42 Å². The van der Waals surface area contributed by atoms with Gasteiger partial charge < -0.3 is 9.73 Å². The van der Waals surface area contributed by atoms with Crippen molar-refractivity contribution < 1.29 is 18.0 Å². The number of nitrogens with one attached hydrogen (secondary N) is 1. The van der Waals surface area contributed by atoms with Crippen LogP contribution in [0.3, 0.4) is 0 Å². The first-order valence-electron chi connectivity index (χ1n) is 8.52. The zero-order valence-electron chi connectivity index (χ0n) is 14.8. The zero-order valence-corrected chi connectivity index (χ0v) is 14.8. The molecule has 140 valence electrons. The fraction of sp³-hybridized carbons (Fsp3) is 0.0952. The predicted molar refractivity (Wildman–Crippen MR) is 101 cm³/mol. The van der Waals surface area contributed by atoms with Crippen molar-refractivity contribution >= 4 is 22.7 Å². The number of nitrogens with zero attached hydrogens (tertiary/aromatic N) is 2. The largest absolute Gasteiger partial charge is 0.435 e. The molecule has 0 fully saturated rings. The number of oxazole rings is 1. The number of carbonyl (C=O) groups excluding carboxylic acids is 1. The highest BCUT2D eigenvalue weighted by atomic mass is 19.3. The van der Waals surface area contributed by atoms with Gasteiger partial charge in [0.2, 0.25) is 5.89 Å². The topological polar surface area (TPSA) is 68.0 Å². The van der Waals surface area contributed by atoms with Crippen LogP contribution in [0.4, 0.5) is 14.5 Å². The zero-order chi connectivity index (χ0) is 19.7. The third kappa shape index (κ3) is 3.34. The number of hydrogen-bond acceptors (Lipinski definition) is 4. The highest BCUT2D eigenvalue weighted by Gasteiger charge is 2.41. The Kier molecular flexibility index (Phi) is 4.35. The number of hydrogen-bond donors (Lipinski definition) is 1. The summed E-state index contributed by atoms with van der Waals surface area (Å²) < 4.78 is 34.6. The van der Waals surface area contributed by atoms with Crippen molar-refractivity contribution in [2.75, 3.05) is 5.32 Å². The molecule has 0 aliphatic heterocycles. The van der Waals surface area contributed by atoms with E-state index in [1.807, 2.05) is 0 Å². The van der Waals surface area contributed by atoms with E-state index in [9.17, 15) is 13.6 Å². The number of fused-ring (bicyclic) bond motifs is 1. The van der Waals surface area contributed by atoms with E-state index in [0.29, 0.717) is 28.2 Å². The first-order chi connectivity index (χ1) is 13.4. The third-order valence-corrected chi connectivity index (χ3v) is 4.20. The number of benzene rings is 2. The Balaban J connectivity index is 1.60. The molecule has 0 saturated carbocycles. The number of aryl methyl sites for hydroxylation is 1. The lowest BCUT2D eigenvalue weighted by Crippen LogP contribution is -2.32. The number of rotatable bonds is 4. The van der Waals surface area contributed by atoms with Gasteiger partial charge in [-0.05, 0) is 37.3 Å². The van der Waals surface area contributed by atoms with Crippen LogP contribution in [0.25, 0.3) is 22.7 Å². The highest BCUT2D eigenvalue weighted by Crippen LogP contribution is 2.31. The van der Waals surface area contributed by atoms with Crippen molar-refractivity contribution in [3.05, 3.63) is 78.0 Å². The molecule has 4 rings (SSSR count). The van der Waals surface area contributed by atoms with Crippen LogP contribution in [0.15, 0.2) is 71.3 Å². The summed E-state index contributed by atoms with van der Waals surface area (Å²) in [5, 5.41) is 2.25. The van der Waals surface area contributed by atoms with Gasteiger partial charge in [-0.25, -0.2) is 4.98 Å². The number of anilines is 1. The minimum Gasteiger partial charge on any atom is -0.435 e. The normalized spacial score (nSPS) is 11.5. The van der Waals surface area contributed by atoms with E-state index in [1.165, 1.54) is 30.3 Å². The van der Waals surface area contributed by atoms with Crippen LogP contribution >= 0.6 is 0 Å². The minimum absolute atomic E-state index is 0.188. The smallest absolute Gasteiger partial charge is 0.350 e. The summed E-state index contributed by atoms with van der Waals surface area (Å²) in [6.07, 6.45) is 1.61. The number of alkyl halides is 2. The average molecular weight is 379 g/mol. The Morgan fingerprint density at radius 3 is 2.68 bits per heavy atom. The second-order valence-electron chi connectivity index (χ2n) is 6.31. The lowest BCUT2D eigenvalue weighted by atomic mass is 10.1. The van der Waals surface area contributed by atoms with E-state index < -0.39 is 11.8 Å². The van der Waals surface area contributed by atoms with Gasteiger partial charge in [0.05, 0.1) is 0 Å². The molecule has 0 aliphatic rings. The average Bonchev–Trinajstić information content (AvgIpc) is 3.12. The van der Waals surface area contributed by atoms with Gasteiger partial charge in [0.1, 0.15) is 11.2 Å². The molecule has 0 radical (unpaired) electrons. The Hall–Kier alpha value is -3.61. The first kappa shape index (κ1) is 17.8. The van der Waals surface area contributed by atoms with E-state index in [1.54, 1.807) is 43.5 Å². The van der Waals surface area contributed by atoms with E-state index in [-0.39, 0.29) is 11.3 Å². The van der Waals surface area contributed by atoms with Gasteiger partial charge >= 0.3 is 5.92 Å². The molecule has 4 aromatic rings. The van der Waals surface area contributed by atoms with Crippen molar-refractivity contribution in [3.63, 3.8) is 0 Å². The van der Waals surface area contributed by atoms with E-state index in [0.717, 1.165) is 0 Å². The van der Waals surface area contributed by atoms with Gasteiger partial charge in [-0.1, -0.05) is 29.8 Å². The molecule has 0 bridgehead atoms. The molecule has 2 heterocycles. The molecule has 5 nitrogen and oxygen atoms in total. The van der Waals surface area contributed by atoms with Crippen molar-refractivity contribution in [2.24, 2.45) is 0 Å². The van der Waals surface area contributed by atoms with Gasteiger partial charge in [-0.3, -0.25) is 9.78 Å². The predicted octanol–water partition coefficient (Wildman–Crippen LogP) is 4.93. The number of carbonyl (C=O) groups is 1. The van der Waals surface area contributed by atoms with Gasteiger partial charge in [0.25, 0.3) is 5.91 Å². The molecular weight excluding hydrogens is 364 g/mol. The molecule has 0 atom stereocenters. The number of amides is 1. The van der Waals surface area contributed by atoms with E-state index >= 15 is 0 Å². The summed E-state index contributed by atoms with van der Waals surface area (Å²) in [6, 6.07) is 15.6. The summed E-state index contributed by atoms with van der Waals surface area (Å²) >= 11 is 0. The molecule has 2 aromatic carbocycles. The highest BCUT2D eigenvalue weighted by molar-refractivity contribution is 5.98. The van der Waals surface area contributed by atoms with Crippen LogP contribution in [0.1, 0.15) is 11.1 Å². The Morgan fingerprint density at radius 2 is 1.93 bits per heavy atom.